The summed E-state index contributed by atoms with van der Waals surface area (Å²) >= 11 is 0. The first-order valence-electron chi connectivity index (χ1n) is 7.30. The van der Waals surface area contributed by atoms with Crippen molar-refractivity contribution in [1.82, 2.24) is 5.43 Å². The first-order valence-corrected chi connectivity index (χ1v) is 7.30. The van der Waals surface area contributed by atoms with Gasteiger partial charge in [0.05, 0.1) is 7.11 Å². The number of nitrogens with one attached hydrogen (secondary N) is 1. The van der Waals surface area contributed by atoms with E-state index in [4.69, 9.17) is 10.6 Å². The summed E-state index contributed by atoms with van der Waals surface area (Å²) in [4.78, 5) is 0. The average molecular weight is 262 g/mol. The van der Waals surface area contributed by atoms with Gasteiger partial charge in [0.25, 0.3) is 0 Å². The number of rotatable bonds is 5. The Morgan fingerprint density at radius 1 is 1.42 bits per heavy atom. The van der Waals surface area contributed by atoms with Crippen molar-refractivity contribution in [2.24, 2.45) is 17.7 Å². The van der Waals surface area contributed by atoms with Gasteiger partial charge in [0.2, 0.25) is 0 Å². The van der Waals surface area contributed by atoms with E-state index in [9.17, 15) is 0 Å². The van der Waals surface area contributed by atoms with Crippen LogP contribution in [0.15, 0.2) is 18.2 Å². The van der Waals surface area contributed by atoms with Crippen LogP contribution in [0.25, 0.3) is 0 Å². The fourth-order valence-corrected chi connectivity index (χ4v) is 3.39. The van der Waals surface area contributed by atoms with Gasteiger partial charge < -0.3 is 4.74 Å². The molecule has 1 aliphatic rings. The van der Waals surface area contributed by atoms with Crippen LogP contribution in [0.4, 0.5) is 0 Å². The highest BCUT2D eigenvalue weighted by atomic mass is 16.5. The molecule has 3 N–H and O–H groups in total. The van der Waals surface area contributed by atoms with Crippen LogP contribution in [0.1, 0.15) is 49.8 Å². The number of hydrazine groups is 1. The maximum Gasteiger partial charge on any atom is 0.119 e. The summed E-state index contributed by atoms with van der Waals surface area (Å²) in [7, 11) is 1.70. The first-order chi connectivity index (χ1) is 9.19. The molecule has 1 aromatic rings. The van der Waals surface area contributed by atoms with E-state index in [1.54, 1.807) is 7.11 Å². The summed E-state index contributed by atoms with van der Waals surface area (Å²) in [5.74, 6) is 8.27. The van der Waals surface area contributed by atoms with Crippen LogP contribution in [0.5, 0.6) is 5.75 Å². The molecule has 3 unspecified atom stereocenters. The highest BCUT2D eigenvalue weighted by molar-refractivity contribution is 5.37. The van der Waals surface area contributed by atoms with Gasteiger partial charge in [0, 0.05) is 6.04 Å². The number of methoxy groups -OCH3 is 1. The molecule has 1 saturated carbocycles. The lowest BCUT2D eigenvalue weighted by Crippen LogP contribution is -2.33. The molecule has 0 heterocycles. The van der Waals surface area contributed by atoms with Crippen molar-refractivity contribution in [2.45, 2.75) is 45.6 Å². The monoisotopic (exact) mass is 262 g/mol. The number of nitrogens with two attached hydrogens (primary N) is 1. The Balaban J connectivity index is 2.18. The molecule has 0 radical (unpaired) electrons. The lowest BCUT2D eigenvalue weighted by atomic mass is 9.88. The molecule has 19 heavy (non-hydrogen) atoms. The third-order valence-corrected chi connectivity index (χ3v) is 4.62. The predicted molar refractivity (Wildman–Crippen MR) is 78.9 cm³/mol. The minimum Gasteiger partial charge on any atom is -0.497 e. The highest BCUT2D eigenvalue weighted by Gasteiger charge is 2.31. The zero-order valence-electron chi connectivity index (χ0n) is 12.3. The van der Waals surface area contributed by atoms with Crippen molar-refractivity contribution >= 4 is 0 Å². The lowest BCUT2D eigenvalue weighted by molar-refractivity contribution is 0.356. The Morgan fingerprint density at radius 2 is 2.21 bits per heavy atom. The van der Waals surface area contributed by atoms with Crippen LogP contribution >= 0.6 is 0 Å². The molecule has 106 valence electrons. The molecular formula is C16H26N2O. The molecule has 1 fully saturated rings. The predicted octanol–water partition coefficient (Wildman–Crippen LogP) is 3.33. The third-order valence-electron chi connectivity index (χ3n) is 4.62. The SMILES string of the molecule is CCC1CCC(C(NN)c2ccc(OC)cc2C)C1. The quantitative estimate of drug-likeness (QED) is 0.632. The molecule has 2 rings (SSSR count). The highest BCUT2D eigenvalue weighted by Crippen LogP contribution is 2.41. The summed E-state index contributed by atoms with van der Waals surface area (Å²) in [5, 5.41) is 0. The molecule has 3 nitrogen and oxygen atoms in total. The van der Waals surface area contributed by atoms with Gasteiger partial charge in [-0.25, -0.2) is 0 Å². The number of ether oxygens (including phenoxy) is 1. The fourth-order valence-electron chi connectivity index (χ4n) is 3.39. The Bertz CT molecular complexity index is 419. The van der Waals surface area contributed by atoms with Crippen molar-refractivity contribution < 1.29 is 4.74 Å². The van der Waals surface area contributed by atoms with Crippen molar-refractivity contribution in [3.8, 4) is 5.75 Å². The normalized spacial score (nSPS) is 24.4. The van der Waals surface area contributed by atoms with E-state index in [0.717, 1.165) is 11.7 Å². The summed E-state index contributed by atoms with van der Waals surface area (Å²) in [5.41, 5.74) is 5.60. The van der Waals surface area contributed by atoms with Gasteiger partial charge in [-0.2, -0.15) is 0 Å². The molecule has 0 spiro atoms. The van der Waals surface area contributed by atoms with Crippen LogP contribution in [0.3, 0.4) is 0 Å². The van der Waals surface area contributed by atoms with Gasteiger partial charge in [-0.05, 0) is 54.9 Å². The average Bonchev–Trinajstić information content (AvgIpc) is 2.90. The number of benzene rings is 1. The van der Waals surface area contributed by atoms with Crippen LogP contribution in [-0.4, -0.2) is 7.11 Å². The Labute approximate surface area is 116 Å². The fraction of sp³-hybridized carbons (Fsp3) is 0.625. The summed E-state index contributed by atoms with van der Waals surface area (Å²) in [6.45, 7) is 4.42. The molecule has 0 aliphatic heterocycles. The van der Waals surface area contributed by atoms with Gasteiger partial charge in [-0.3, -0.25) is 11.3 Å². The molecule has 3 atom stereocenters. The Kier molecular flexibility index (Phi) is 4.83. The smallest absolute Gasteiger partial charge is 0.119 e. The second-order valence-corrected chi connectivity index (χ2v) is 5.71. The Morgan fingerprint density at radius 3 is 2.74 bits per heavy atom. The molecular weight excluding hydrogens is 236 g/mol. The number of aryl methyl sites for hydroxylation is 1. The van der Waals surface area contributed by atoms with E-state index >= 15 is 0 Å². The second-order valence-electron chi connectivity index (χ2n) is 5.71. The van der Waals surface area contributed by atoms with E-state index in [0.29, 0.717) is 5.92 Å². The third kappa shape index (κ3) is 3.10. The van der Waals surface area contributed by atoms with E-state index in [1.807, 2.05) is 6.07 Å². The van der Waals surface area contributed by atoms with Crippen LogP contribution in [-0.2, 0) is 0 Å². The zero-order valence-corrected chi connectivity index (χ0v) is 12.3. The van der Waals surface area contributed by atoms with Crippen molar-refractivity contribution in [2.75, 3.05) is 7.11 Å². The van der Waals surface area contributed by atoms with Gasteiger partial charge in [0.1, 0.15) is 5.75 Å². The van der Waals surface area contributed by atoms with E-state index < -0.39 is 0 Å². The van der Waals surface area contributed by atoms with Crippen LogP contribution < -0.4 is 16.0 Å². The van der Waals surface area contributed by atoms with Crippen molar-refractivity contribution in [3.63, 3.8) is 0 Å². The molecule has 1 aliphatic carbocycles. The van der Waals surface area contributed by atoms with E-state index in [2.05, 4.69) is 31.4 Å². The maximum atomic E-state index is 5.83. The van der Waals surface area contributed by atoms with Crippen LogP contribution in [0.2, 0.25) is 0 Å². The number of hydrogen-bond donors (Lipinski definition) is 2. The molecule has 0 aromatic heterocycles. The van der Waals surface area contributed by atoms with Crippen LogP contribution in [0, 0.1) is 18.8 Å². The topological polar surface area (TPSA) is 47.3 Å². The maximum absolute atomic E-state index is 5.83. The van der Waals surface area contributed by atoms with Gasteiger partial charge >= 0.3 is 0 Å². The van der Waals surface area contributed by atoms with Gasteiger partial charge in [-0.15, -0.1) is 0 Å². The summed E-state index contributed by atoms with van der Waals surface area (Å²) in [6, 6.07) is 6.53. The summed E-state index contributed by atoms with van der Waals surface area (Å²) < 4.78 is 5.27. The lowest BCUT2D eigenvalue weighted by Gasteiger charge is -2.25. The standard InChI is InChI=1S/C16H26N2O/c1-4-12-5-6-13(10-12)16(18-17)15-8-7-14(19-3)9-11(15)2/h7-9,12-13,16,18H,4-6,10,17H2,1-3H3. The van der Waals surface area contributed by atoms with Gasteiger partial charge in [-0.1, -0.05) is 25.8 Å². The minimum atomic E-state index is 0.266. The van der Waals surface area contributed by atoms with Gasteiger partial charge in [0.15, 0.2) is 0 Å². The number of hydrogen-bond acceptors (Lipinski definition) is 3. The summed E-state index contributed by atoms with van der Waals surface area (Å²) in [6.07, 6.45) is 5.19. The molecule has 0 saturated heterocycles. The first kappa shape index (κ1) is 14.4. The van der Waals surface area contributed by atoms with Crippen molar-refractivity contribution in [1.29, 1.82) is 0 Å². The molecule has 0 amide bonds. The molecule has 3 heteroatoms. The largest absolute Gasteiger partial charge is 0.497 e. The minimum absolute atomic E-state index is 0.266. The molecule has 0 bridgehead atoms. The van der Waals surface area contributed by atoms with E-state index in [-0.39, 0.29) is 6.04 Å². The Hall–Kier alpha value is -1.06. The van der Waals surface area contributed by atoms with Crippen molar-refractivity contribution in [3.05, 3.63) is 29.3 Å². The van der Waals surface area contributed by atoms with E-state index in [1.165, 1.54) is 36.8 Å². The zero-order chi connectivity index (χ0) is 13.8. The second kappa shape index (κ2) is 6.40. The molecule has 1 aromatic carbocycles.